The van der Waals surface area contributed by atoms with Crippen LogP contribution in [0.3, 0.4) is 0 Å². The molecule has 2 amide bonds. The molecule has 6 nitrogen and oxygen atoms in total. The molecule has 0 aliphatic heterocycles. The lowest BCUT2D eigenvalue weighted by molar-refractivity contribution is 0.0314. The average Bonchev–Trinajstić information content (AvgIpc) is 2.78. The Labute approximate surface area is 122 Å². The highest BCUT2D eigenvalue weighted by Gasteiger charge is 2.26. The summed E-state index contributed by atoms with van der Waals surface area (Å²) in [5.74, 6) is -0.912. The van der Waals surface area contributed by atoms with Crippen LogP contribution in [-0.4, -0.2) is 45.5 Å². The van der Waals surface area contributed by atoms with Gasteiger partial charge in [-0.1, -0.05) is 6.92 Å². The maximum atomic E-state index is 12.4. The largest absolute Gasteiger partial charge is 0.389 e. The summed E-state index contributed by atoms with van der Waals surface area (Å²) in [6.45, 7) is 7.63. The van der Waals surface area contributed by atoms with Gasteiger partial charge < -0.3 is 15.7 Å². The minimum absolute atomic E-state index is 0.167. The van der Waals surface area contributed by atoms with E-state index in [9.17, 15) is 14.7 Å². The second-order valence-corrected chi connectivity index (χ2v) is 6.22. The van der Waals surface area contributed by atoms with E-state index in [0.29, 0.717) is 17.8 Å². The first-order valence-corrected chi connectivity index (χ1v) is 7.32. The molecule has 20 heavy (non-hydrogen) atoms. The lowest BCUT2D eigenvalue weighted by Gasteiger charge is -2.27. The normalized spacial score (nSPS) is 11.4. The van der Waals surface area contributed by atoms with Gasteiger partial charge in [0.25, 0.3) is 11.8 Å². The van der Waals surface area contributed by atoms with Gasteiger partial charge in [-0.05, 0) is 27.2 Å². The van der Waals surface area contributed by atoms with E-state index in [1.807, 2.05) is 13.8 Å². The van der Waals surface area contributed by atoms with Crippen molar-refractivity contribution in [1.29, 1.82) is 0 Å². The van der Waals surface area contributed by atoms with E-state index < -0.39 is 11.5 Å². The van der Waals surface area contributed by atoms with Gasteiger partial charge in [0.1, 0.15) is 5.69 Å². The summed E-state index contributed by atoms with van der Waals surface area (Å²) >= 11 is 1.18. The molecule has 112 valence electrons. The molecule has 0 atom stereocenters. The average molecular weight is 299 g/mol. The number of rotatable bonds is 6. The molecule has 0 radical (unpaired) electrons. The highest BCUT2D eigenvalue weighted by molar-refractivity contribution is 7.13. The van der Waals surface area contributed by atoms with Crippen LogP contribution in [0.25, 0.3) is 0 Å². The van der Waals surface area contributed by atoms with Crippen molar-refractivity contribution in [3.8, 4) is 0 Å². The number of hydrogen-bond acceptors (Lipinski definition) is 5. The maximum Gasteiger partial charge on any atom is 0.282 e. The molecule has 0 unspecified atom stereocenters. The van der Waals surface area contributed by atoms with Crippen molar-refractivity contribution < 1.29 is 14.7 Å². The second-order valence-electron chi connectivity index (χ2n) is 5.14. The van der Waals surface area contributed by atoms with E-state index in [0.717, 1.165) is 0 Å². The number of nitrogens with zero attached hydrogens (tertiary/aromatic N) is 2. The Kier molecular flexibility index (Phi) is 5.24. The van der Waals surface area contributed by atoms with Crippen molar-refractivity contribution in [1.82, 2.24) is 9.88 Å². The number of aliphatic hydroxyl groups is 1. The molecule has 0 saturated heterocycles. The zero-order chi connectivity index (χ0) is 15.5. The Morgan fingerprint density at radius 3 is 2.35 bits per heavy atom. The van der Waals surface area contributed by atoms with Crippen LogP contribution in [0.15, 0.2) is 0 Å². The van der Waals surface area contributed by atoms with Crippen LogP contribution < -0.4 is 5.73 Å². The minimum atomic E-state index is -0.983. The van der Waals surface area contributed by atoms with E-state index in [4.69, 9.17) is 5.73 Å². The van der Waals surface area contributed by atoms with Gasteiger partial charge in [0, 0.05) is 18.0 Å². The summed E-state index contributed by atoms with van der Waals surface area (Å²) in [6.07, 6.45) is 0.598. The molecule has 1 aromatic heterocycles. The number of hydrogen-bond donors (Lipinski definition) is 2. The van der Waals surface area contributed by atoms with Crippen LogP contribution in [0.1, 0.15) is 52.9 Å². The molecule has 1 heterocycles. The van der Waals surface area contributed by atoms with Crippen molar-refractivity contribution in [3.63, 3.8) is 0 Å². The number of nitrogens with two attached hydrogens (primary N) is 1. The standard InChI is InChI=1S/C13H21N3O3S/c1-5-8-9(10(14)17)15-11(20-8)12(18)16(6-2)7-13(3,4)19/h19H,5-7H2,1-4H3,(H2,14,17). The molecule has 1 aromatic rings. The number of carbonyl (C=O) groups excluding carboxylic acids is 2. The van der Waals surface area contributed by atoms with Crippen molar-refractivity contribution in [2.24, 2.45) is 5.73 Å². The summed E-state index contributed by atoms with van der Waals surface area (Å²) in [4.78, 5) is 29.9. The smallest absolute Gasteiger partial charge is 0.282 e. The summed E-state index contributed by atoms with van der Waals surface area (Å²) in [6, 6.07) is 0. The van der Waals surface area contributed by atoms with E-state index in [1.54, 1.807) is 13.8 Å². The Morgan fingerprint density at radius 2 is 2.00 bits per heavy atom. The van der Waals surface area contributed by atoms with E-state index >= 15 is 0 Å². The van der Waals surface area contributed by atoms with Crippen molar-refractivity contribution in [2.75, 3.05) is 13.1 Å². The molecule has 0 spiro atoms. The van der Waals surface area contributed by atoms with Gasteiger partial charge in [-0.3, -0.25) is 9.59 Å². The third-order valence-electron chi connectivity index (χ3n) is 2.68. The molecule has 1 rings (SSSR count). The highest BCUT2D eigenvalue weighted by atomic mass is 32.1. The third-order valence-corrected chi connectivity index (χ3v) is 3.87. The van der Waals surface area contributed by atoms with Crippen LogP contribution in [0, 0.1) is 0 Å². The number of aromatic nitrogens is 1. The topological polar surface area (TPSA) is 96.5 Å². The lowest BCUT2D eigenvalue weighted by atomic mass is 10.1. The Bertz CT molecular complexity index is 505. The number of primary amides is 1. The number of thiazole rings is 1. The first kappa shape index (κ1) is 16.6. The van der Waals surface area contributed by atoms with Crippen molar-refractivity contribution >= 4 is 23.2 Å². The summed E-state index contributed by atoms with van der Waals surface area (Å²) in [5.41, 5.74) is 4.44. The fraction of sp³-hybridized carbons (Fsp3) is 0.615. The molecular weight excluding hydrogens is 278 g/mol. The predicted molar refractivity (Wildman–Crippen MR) is 77.9 cm³/mol. The van der Waals surface area contributed by atoms with E-state index in [2.05, 4.69) is 4.98 Å². The Hall–Kier alpha value is -1.47. The van der Waals surface area contributed by atoms with Crippen LogP contribution >= 0.6 is 11.3 Å². The molecule has 0 fully saturated rings. The van der Waals surface area contributed by atoms with E-state index in [1.165, 1.54) is 16.2 Å². The van der Waals surface area contributed by atoms with Crippen LogP contribution in [0.2, 0.25) is 0 Å². The SMILES string of the molecule is CCc1sc(C(=O)N(CC)CC(C)(C)O)nc1C(N)=O. The summed E-state index contributed by atoms with van der Waals surface area (Å²) in [7, 11) is 0. The molecule has 0 bridgehead atoms. The number of amides is 2. The van der Waals surface area contributed by atoms with Crippen LogP contribution in [-0.2, 0) is 6.42 Å². The molecule has 0 saturated carbocycles. The molecule has 7 heteroatoms. The molecular formula is C13H21N3O3S. The maximum absolute atomic E-state index is 12.4. The highest BCUT2D eigenvalue weighted by Crippen LogP contribution is 2.21. The zero-order valence-electron chi connectivity index (χ0n) is 12.3. The van der Waals surface area contributed by atoms with Crippen molar-refractivity contribution in [3.05, 3.63) is 15.6 Å². The number of carbonyl (C=O) groups is 2. The van der Waals surface area contributed by atoms with Gasteiger partial charge in [0.2, 0.25) is 0 Å². The summed E-state index contributed by atoms with van der Waals surface area (Å²) < 4.78 is 0. The lowest BCUT2D eigenvalue weighted by Crippen LogP contribution is -2.42. The predicted octanol–water partition coefficient (Wildman–Crippen LogP) is 1.04. The van der Waals surface area contributed by atoms with Gasteiger partial charge in [-0.15, -0.1) is 11.3 Å². The second kappa shape index (κ2) is 6.32. The molecule has 0 aliphatic rings. The van der Waals surface area contributed by atoms with E-state index in [-0.39, 0.29) is 23.2 Å². The van der Waals surface area contributed by atoms with Gasteiger partial charge >= 0.3 is 0 Å². The minimum Gasteiger partial charge on any atom is -0.389 e. The van der Waals surface area contributed by atoms with Gasteiger partial charge in [0.15, 0.2) is 5.01 Å². The fourth-order valence-electron chi connectivity index (χ4n) is 1.80. The fourth-order valence-corrected chi connectivity index (χ4v) is 2.78. The third kappa shape index (κ3) is 4.01. The monoisotopic (exact) mass is 299 g/mol. The molecule has 0 aromatic carbocycles. The number of likely N-dealkylation sites (N-methyl/N-ethyl adjacent to an activating group) is 1. The number of aryl methyl sites for hydroxylation is 1. The Morgan fingerprint density at radius 1 is 1.40 bits per heavy atom. The first-order valence-electron chi connectivity index (χ1n) is 6.50. The van der Waals surface area contributed by atoms with Gasteiger partial charge in [-0.2, -0.15) is 0 Å². The van der Waals surface area contributed by atoms with Crippen LogP contribution in [0.5, 0.6) is 0 Å². The molecule has 3 N–H and O–H groups in total. The zero-order valence-corrected chi connectivity index (χ0v) is 13.1. The first-order chi connectivity index (χ1) is 9.19. The Balaban J connectivity index is 3.04. The van der Waals surface area contributed by atoms with Gasteiger partial charge in [-0.25, -0.2) is 4.98 Å². The van der Waals surface area contributed by atoms with Gasteiger partial charge in [0.05, 0.1) is 5.60 Å². The summed E-state index contributed by atoms with van der Waals surface area (Å²) in [5, 5.41) is 10.1. The van der Waals surface area contributed by atoms with Crippen molar-refractivity contribution in [2.45, 2.75) is 39.7 Å². The quantitative estimate of drug-likeness (QED) is 0.820. The van der Waals surface area contributed by atoms with Crippen LogP contribution in [0.4, 0.5) is 0 Å². The molecule has 0 aliphatic carbocycles.